The van der Waals surface area contributed by atoms with E-state index in [0.29, 0.717) is 10.4 Å². The minimum absolute atomic E-state index is 0.106. The zero-order valence-corrected chi connectivity index (χ0v) is 22.8. The van der Waals surface area contributed by atoms with Gasteiger partial charge in [-0.2, -0.15) is 0 Å². The van der Waals surface area contributed by atoms with E-state index in [2.05, 4.69) is 128 Å². The molecule has 168 valence electrons. The largest absolute Gasteiger partial charge is 0.326 e. The number of benzene rings is 4. The highest BCUT2D eigenvalue weighted by Crippen LogP contribution is 2.32. The van der Waals surface area contributed by atoms with Crippen molar-refractivity contribution < 1.29 is 4.79 Å². The number of halogens is 3. The number of hydrogen-bond acceptors (Lipinski definition) is 1. The number of nitrogens with one attached hydrogen (secondary N) is 1. The number of anilines is 1. The third kappa shape index (κ3) is 7.52. The maximum Gasteiger partial charge on any atom is 0.221 e. The molecule has 0 aliphatic carbocycles. The highest BCUT2D eigenvalue weighted by atomic mass is 79.9. The molecule has 0 saturated heterocycles. The third-order valence-corrected chi connectivity index (χ3v) is 8.89. The lowest BCUT2D eigenvalue weighted by Crippen LogP contribution is -2.20. The Bertz CT molecular complexity index is 1080. The number of alkyl halides is 1. The molecule has 0 atom stereocenters. The molecule has 0 aliphatic rings. The quantitative estimate of drug-likeness (QED) is 0.187. The van der Waals surface area contributed by atoms with Crippen molar-refractivity contribution in [3.8, 4) is 0 Å². The van der Waals surface area contributed by atoms with Crippen molar-refractivity contribution in [1.29, 1.82) is 0 Å². The van der Waals surface area contributed by atoms with Gasteiger partial charge < -0.3 is 5.32 Å². The van der Waals surface area contributed by atoms with E-state index in [1.54, 1.807) is 6.07 Å². The van der Waals surface area contributed by atoms with Crippen molar-refractivity contribution >= 4 is 78.9 Å². The van der Waals surface area contributed by atoms with E-state index in [-0.39, 0.29) is 5.91 Å². The first-order chi connectivity index (χ1) is 16.0. The van der Waals surface area contributed by atoms with Crippen LogP contribution >= 0.6 is 51.4 Å². The van der Waals surface area contributed by atoms with Gasteiger partial charge >= 0.3 is 0 Å². The monoisotopic (exact) mass is 601 g/mol. The van der Waals surface area contributed by atoms with E-state index < -0.39 is 7.92 Å². The molecule has 0 aromatic heterocycles. The van der Waals surface area contributed by atoms with Crippen LogP contribution in [0.15, 0.2) is 108 Å². The van der Waals surface area contributed by atoms with Gasteiger partial charge in [0.05, 0.1) is 5.02 Å². The Morgan fingerprint density at radius 3 is 1.61 bits per heavy atom. The second-order valence-electron chi connectivity index (χ2n) is 7.08. The molecule has 0 unspecified atom stereocenters. The van der Waals surface area contributed by atoms with Crippen LogP contribution in [-0.4, -0.2) is 5.91 Å². The van der Waals surface area contributed by atoms with E-state index in [1.807, 2.05) is 6.07 Å². The molecule has 4 aromatic carbocycles. The van der Waals surface area contributed by atoms with Gasteiger partial charge in [-0.3, -0.25) is 4.79 Å². The lowest BCUT2D eigenvalue weighted by Gasteiger charge is -2.18. The first-order valence-electron chi connectivity index (χ1n) is 10.3. The van der Waals surface area contributed by atoms with Gasteiger partial charge in [0, 0.05) is 22.4 Å². The Balaban J connectivity index is 0.000000196. The molecule has 0 bridgehead atoms. The van der Waals surface area contributed by atoms with Gasteiger partial charge in [0.15, 0.2) is 0 Å². The standard InChI is InChI=1S/C18H15P.C9H8Br2ClNO/c1-4-10-16(11-5-1)19(17-12-6-2-7-13-17)18-14-8-3-9-15-18;1-5(14)13-9-3-8(12)7(11)2-6(9)4-10/h1-15H;2-3H,4H2,1H3,(H,13,14). The lowest BCUT2D eigenvalue weighted by atomic mass is 10.2. The molecule has 0 heterocycles. The van der Waals surface area contributed by atoms with Gasteiger partial charge in [-0.15, -0.1) is 0 Å². The second kappa shape index (κ2) is 13.1. The summed E-state index contributed by atoms with van der Waals surface area (Å²) in [5.41, 5.74) is 1.72. The Kier molecular flexibility index (Phi) is 10.1. The van der Waals surface area contributed by atoms with Crippen LogP contribution in [0.25, 0.3) is 0 Å². The van der Waals surface area contributed by atoms with Crippen molar-refractivity contribution in [2.24, 2.45) is 0 Å². The van der Waals surface area contributed by atoms with E-state index in [9.17, 15) is 4.79 Å². The number of carbonyl (C=O) groups excluding carboxylic acids is 1. The Morgan fingerprint density at radius 2 is 1.24 bits per heavy atom. The molecule has 0 saturated carbocycles. The number of carbonyl (C=O) groups is 1. The summed E-state index contributed by atoms with van der Waals surface area (Å²) in [5, 5.41) is 8.16. The van der Waals surface area contributed by atoms with Crippen LogP contribution in [0.5, 0.6) is 0 Å². The first kappa shape index (κ1) is 25.6. The summed E-state index contributed by atoms with van der Waals surface area (Å²) in [6.45, 7) is 1.47. The van der Waals surface area contributed by atoms with Gasteiger partial charge in [0.1, 0.15) is 0 Å². The van der Waals surface area contributed by atoms with Crippen LogP contribution in [0.3, 0.4) is 0 Å². The topological polar surface area (TPSA) is 29.1 Å². The molecule has 1 N–H and O–H groups in total. The van der Waals surface area contributed by atoms with Crippen molar-refractivity contribution in [3.63, 3.8) is 0 Å². The summed E-state index contributed by atoms with van der Waals surface area (Å²) in [6, 6.07) is 35.9. The molecule has 2 nitrogen and oxygen atoms in total. The lowest BCUT2D eigenvalue weighted by molar-refractivity contribution is -0.114. The van der Waals surface area contributed by atoms with Crippen molar-refractivity contribution in [3.05, 3.63) is 118 Å². The van der Waals surface area contributed by atoms with Crippen LogP contribution in [0.2, 0.25) is 5.02 Å². The van der Waals surface area contributed by atoms with E-state index in [0.717, 1.165) is 15.7 Å². The molecular weight excluding hydrogens is 581 g/mol. The maximum atomic E-state index is 10.9. The zero-order chi connectivity index (χ0) is 23.6. The van der Waals surface area contributed by atoms with Crippen molar-refractivity contribution in [2.45, 2.75) is 12.3 Å². The van der Waals surface area contributed by atoms with Crippen LogP contribution in [0.1, 0.15) is 12.5 Å². The molecule has 4 rings (SSSR count). The zero-order valence-electron chi connectivity index (χ0n) is 18.0. The SMILES string of the molecule is CC(=O)Nc1cc(Cl)c(Br)cc1CBr.c1ccc(P(c2ccccc2)c2ccccc2)cc1. The van der Waals surface area contributed by atoms with Gasteiger partial charge in [0.2, 0.25) is 5.91 Å². The van der Waals surface area contributed by atoms with Crippen molar-refractivity contribution in [2.75, 3.05) is 5.32 Å². The van der Waals surface area contributed by atoms with Crippen molar-refractivity contribution in [1.82, 2.24) is 0 Å². The minimum atomic E-state index is -0.446. The first-order valence-corrected chi connectivity index (χ1v) is 13.9. The minimum Gasteiger partial charge on any atom is -0.326 e. The molecule has 0 fully saturated rings. The van der Waals surface area contributed by atoms with E-state index in [1.165, 1.54) is 22.8 Å². The van der Waals surface area contributed by atoms with Gasteiger partial charge in [-0.1, -0.05) is 119 Å². The fraction of sp³-hybridized carbons (Fsp3) is 0.0741. The predicted octanol–water partition coefficient (Wildman–Crippen LogP) is 7.40. The second-order valence-corrected chi connectivity index (χ2v) is 11.1. The summed E-state index contributed by atoms with van der Waals surface area (Å²) >= 11 is 12.6. The molecule has 6 heteroatoms. The summed E-state index contributed by atoms with van der Waals surface area (Å²) in [4.78, 5) is 10.9. The Morgan fingerprint density at radius 1 is 0.818 bits per heavy atom. The summed E-state index contributed by atoms with van der Waals surface area (Å²) in [5.74, 6) is -0.106. The van der Waals surface area contributed by atoms with Crippen LogP contribution < -0.4 is 21.2 Å². The normalized spacial score (nSPS) is 10.3. The van der Waals surface area contributed by atoms with Crippen LogP contribution in [0.4, 0.5) is 5.69 Å². The average molecular weight is 604 g/mol. The molecule has 1 amide bonds. The number of rotatable bonds is 5. The number of amides is 1. The third-order valence-electron chi connectivity index (χ3n) is 4.64. The van der Waals surface area contributed by atoms with Gasteiger partial charge in [-0.05, 0) is 57.5 Å². The summed E-state index contributed by atoms with van der Waals surface area (Å²) < 4.78 is 0.822. The highest BCUT2D eigenvalue weighted by Gasteiger charge is 2.15. The molecule has 4 aromatic rings. The van der Waals surface area contributed by atoms with E-state index >= 15 is 0 Å². The molecular formula is C27H23Br2ClNOP. The maximum absolute atomic E-state index is 10.9. The molecule has 0 radical (unpaired) electrons. The Labute approximate surface area is 218 Å². The predicted molar refractivity (Wildman–Crippen MR) is 151 cm³/mol. The molecule has 0 spiro atoms. The summed E-state index contributed by atoms with van der Waals surface area (Å²) in [7, 11) is -0.446. The Hall–Kier alpha value is -1.97. The average Bonchev–Trinajstić information content (AvgIpc) is 2.84. The van der Waals surface area contributed by atoms with Crippen LogP contribution in [0, 0.1) is 0 Å². The summed E-state index contributed by atoms with van der Waals surface area (Å²) in [6.07, 6.45) is 0. The van der Waals surface area contributed by atoms with Crippen LogP contribution in [-0.2, 0) is 10.1 Å². The number of hydrogen-bond donors (Lipinski definition) is 1. The fourth-order valence-corrected chi connectivity index (χ4v) is 6.51. The van der Waals surface area contributed by atoms with Gasteiger partial charge in [0.25, 0.3) is 0 Å². The molecule has 33 heavy (non-hydrogen) atoms. The highest BCUT2D eigenvalue weighted by molar-refractivity contribution is 9.10. The van der Waals surface area contributed by atoms with Gasteiger partial charge in [-0.25, -0.2) is 0 Å². The fourth-order valence-electron chi connectivity index (χ4n) is 3.18. The smallest absolute Gasteiger partial charge is 0.221 e. The molecule has 0 aliphatic heterocycles. The van der Waals surface area contributed by atoms with E-state index in [4.69, 9.17) is 11.6 Å².